The van der Waals surface area contributed by atoms with E-state index in [0.29, 0.717) is 42.8 Å². The summed E-state index contributed by atoms with van der Waals surface area (Å²) in [6.45, 7) is 2.03. The van der Waals surface area contributed by atoms with Crippen LogP contribution in [0.15, 0.2) is 31.6 Å². The van der Waals surface area contributed by atoms with Gasteiger partial charge < -0.3 is 10.2 Å². The number of nitrogens with two attached hydrogens (primary N) is 1. The Bertz CT molecular complexity index is 893. The van der Waals surface area contributed by atoms with Gasteiger partial charge in [-0.2, -0.15) is 0 Å². The lowest BCUT2D eigenvalue weighted by Gasteiger charge is -2.07. The normalized spacial score (nSPS) is 11.3. The molecule has 0 aliphatic rings. The van der Waals surface area contributed by atoms with Crippen LogP contribution in [0.4, 0.5) is 5.69 Å². The van der Waals surface area contributed by atoms with Crippen LogP contribution in [0.25, 0.3) is 22.6 Å². The molecule has 22 heavy (non-hydrogen) atoms. The zero-order chi connectivity index (χ0) is 16.0. The van der Waals surface area contributed by atoms with Gasteiger partial charge in [0.05, 0.1) is 20.7 Å². The first-order valence-electron chi connectivity index (χ1n) is 6.45. The molecule has 0 spiro atoms. The summed E-state index contributed by atoms with van der Waals surface area (Å²) >= 11 is 19.3. The second-order valence-electron chi connectivity index (χ2n) is 4.69. The van der Waals surface area contributed by atoms with Crippen LogP contribution < -0.4 is 5.73 Å². The van der Waals surface area contributed by atoms with Crippen LogP contribution in [0.1, 0.15) is 12.5 Å². The fourth-order valence-corrected chi connectivity index (χ4v) is 4.01. The van der Waals surface area contributed by atoms with Crippen molar-refractivity contribution >= 4 is 71.8 Å². The number of hydrogen-bond donors (Lipinski definition) is 1. The van der Waals surface area contributed by atoms with E-state index in [0.717, 1.165) is 16.5 Å². The molecular formula is C15H10Br2Cl2N2O. The van der Waals surface area contributed by atoms with Crippen molar-refractivity contribution in [1.29, 1.82) is 0 Å². The van der Waals surface area contributed by atoms with Gasteiger partial charge in [-0.3, -0.25) is 0 Å². The van der Waals surface area contributed by atoms with Crippen LogP contribution in [-0.4, -0.2) is 4.98 Å². The fraction of sp³-hybridized carbons (Fsp3) is 0.133. The number of anilines is 1. The number of benzene rings is 2. The van der Waals surface area contributed by atoms with E-state index in [4.69, 9.17) is 33.4 Å². The zero-order valence-electron chi connectivity index (χ0n) is 11.4. The van der Waals surface area contributed by atoms with Gasteiger partial charge in [0.2, 0.25) is 5.89 Å². The number of aromatic nitrogens is 1. The predicted octanol–water partition coefficient (Wildman–Crippen LogP) is 6.47. The molecule has 3 nitrogen and oxygen atoms in total. The minimum absolute atomic E-state index is 0.412. The Morgan fingerprint density at radius 1 is 1.23 bits per heavy atom. The molecule has 0 fully saturated rings. The van der Waals surface area contributed by atoms with Crippen molar-refractivity contribution in [2.45, 2.75) is 13.3 Å². The Balaban J connectivity index is 2.35. The van der Waals surface area contributed by atoms with E-state index in [9.17, 15) is 0 Å². The van der Waals surface area contributed by atoms with Crippen molar-refractivity contribution < 1.29 is 4.42 Å². The quantitative estimate of drug-likeness (QED) is 0.442. The van der Waals surface area contributed by atoms with Crippen molar-refractivity contribution in [3.05, 3.63) is 42.8 Å². The van der Waals surface area contributed by atoms with Gasteiger partial charge >= 0.3 is 0 Å². The lowest BCUT2D eigenvalue weighted by Crippen LogP contribution is -1.94. The Hall–Kier alpha value is -0.750. The monoisotopic (exact) mass is 462 g/mol. The lowest BCUT2D eigenvalue weighted by molar-refractivity contribution is 0.615. The Labute approximate surface area is 154 Å². The van der Waals surface area contributed by atoms with Gasteiger partial charge in [0, 0.05) is 15.1 Å². The molecule has 0 amide bonds. The van der Waals surface area contributed by atoms with Crippen LogP contribution in [0.2, 0.25) is 10.0 Å². The molecule has 1 aromatic heterocycles. The van der Waals surface area contributed by atoms with Crippen molar-refractivity contribution in [2.24, 2.45) is 0 Å². The van der Waals surface area contributed by atoms with Crippen molar-refractivity contribution in [3.8, 4) is 11.5 Å². The molecular weight excluding hydrogens is 455 g/mol. The molecule has 0 bridgehead atoms. The van der Waals surface area contributed by atoms with Gasteiger partial charge in [-0.1, -0.05) is 30.1 Å². The highest BCUT2D eigenvalue weighted by Crippen LogP contribution is 2.42. The van der Waals surface area contributed by atoms with E-state index in [1.165, 1.54) is 0 Å². The summed E-state index contributed by atoms with van der Waals surface area (Å²) in [6.07, 6.45) is 0.756. The summed E-state index contributed by atoms with van der Waals surface area (Å²) in [5, 5.41) is 1.09. The maximum Gasteiger partial charge on any atom is 0.228 e. The van der Waals surface area contributed by atoms with Crippen LogP contribution in [0, 0.1) is 0 Å². The van der Waals surface area contributed by atoms with Crippen molar-refractivity contribution in [1.82, 2.24) is 4.98 Å². The van der Waals surface area contributed by atoms with Crippen molar-refractivity contribution in [2.75, 3.05) is 5.73 Å². The third-order valence-corrected chi connectivity index (χ3v) is 5.63. The maximum atomic E-state index is 6.23. The van der Waals surface area contributed by atoms with Crippen LogP contribution in [0.3, 0.4) is 0 Å². The van der Waals surface area contributed by atoms with Crippen LogP contribution in [-0.2, 0) is 6.42 Å². The van der Waals surface area contributed by atoms with E-state index in [2.05, 4.69) is 36.8 Å². The summed E-state index contributed by atoms with van der Waals surface area (Å²) in [6, 6.07) is 5.17. The molecule has 0 unspecified atom stereocenters. The van der Waals surface area contributed by atoms with Gasteiger partial charge in [0.25, 0.3) is 0 Å². The number of aryl methyl sites for hydroxylation is 1. The van der Waals surface area contributed by atoms with Crippen LogP contribution >= 0.6 is 55.1 Å². The van der Waals surface area contributed by atoms with E-state index in [-0.39, 0.29) is 0 Å². The van der Waals surface area contributed by atoms with E-state index in [1.807, 2.05) is 6.92 Å². The summed E-state index contributed by atoms with van der Waals surface area (Å²) < 4.78 is 7.47. The number of rotatable bonds is 2. The topological polar surface area (TPSA) is 52.0 Å². The molecule has 2 N–H and O–H groups in total. The number of halogens is 4. The number of nitrogens with zero attached hydrogens (tertiary/aromatic N) is 1. The molecule has 7 heteroatoms. The summed E-state index contributed by atoms with van der Waals surface area (Å²) in [5.41, 5.74) is 9.67. The van der Waals surface area contributed by atoms with Gasteiger partial charge in [-0.15, -0.1) is 0 Å². The van der Waals surface area contributed by atoms with E-state index < -0.39 is 0 Å². The summed E-state index contributed by atoms with van der Waals surface area (Å²) in [7, 11) is 0. The highest BCUT2D eigenvalue weighted by Gasteiger charge is 2.21. The fourth-order valence-electron chi connectivity index (χ4n) is 2.25. The molecule has 2 aromatic carbocycles. The SMILES string of the molecule is CCc1c(Br)c(N)c(Br)c2nc(-c3cc(Cl)ccc3Cl)oc12. The third-order valence-electron chi connectivity index (χ3n) is 3.36. The highest BCUT2D eigenvalue weighted by molar-refractivity contribution is 9.11. The van der Waals surface area contributed by atoms with E-state index in [1.54, 1.807) is 18.2 Å². The summed E-state index contributed by atoms with van der Waals surface area (Å²) in [5.74, 6) is 0.412. The highest BCUT2D eigenvalue weighted by atomic mass is 79.9. The second-order valence-corrected chi connectivity index (χ2v) is 7.12. The third kappa shape index (κ3) is 2.54. The molecule has 0 atom stereocenters. The standard InChI is InChI=1S/C15H10Br2Cl2N2O/c1-2-7-10(16)12(20)11(17)13-14(7)22-15(21-13)8-5-6(18)3-4-9(8)19/h3-5H,2,20H2,1H3. The molecule has 3 aromatic rings. The lowest BCUT2D eigenvalue weighted by atomic mass is 10.1. The van der Waals surface area contributed by atoms with Crippen molar-refractivity contribution in [3.63, 3.8) is 0 Å². The minimum atomic E-state index is 0.412. The van der Waals surface area contributed by atoms with Crippen LogP contribution in [0.5, 0.6) is 0 Å². The number of nitrogen functional groups attached to an aromatic ring is 1. The average Bonchev–Trinajstić information content (AvgIpc) is 2.93. The number of oxazole rings is 1. The van der Waals surface area contributed by atoms with Gasteiger partial charge in [-0.05, 0) is 56.5 Å². The zero-order valence-corrected chi connectivity index (χ0v) is 16.1. The second kappa shape index (κ2) is 6.04. The predicted molar refractivity (Wildman–Crippen MR) is 98.7 cm³/mol. The Morgan fingerprint density at radius 2 is 1.95 bits per heavy atom. The number of hydrogen-bond acceptors (Lipinski definition) is 3. The Morgan fingerprint density at radius 3 is 2.64 bits per heavy atom. The molecule has 0 saturated carbocycles. The largest absolute Gasteiger partial charge is 0.436 e. The Kier molecular flexibility index (Phi) is 4.42. The van der Waals surface area contributed by atoms with Gasteiger partial charge in [0.15, 0.2) is 5.58 Å². The first kappa shape index (κ1) is 16.1. The van der Waals surface area contributed by atoms with Gasteiger partial charge in [-0.25, -0.2) is 4.98 Å². The minimum Gasteiger partial charge on any atom is -0.436 e. The average molecular weight is 465 g/mol. The molecule has 0 radical (unpaired) electrons. The maximum absolute atomic E-state index is 6.23. The molecule has 0 aliphatic carbocycles. The molecule has 1 heterocycles. The first-order valence-corrected chi connectivity index (χ1v) is 8.79. The summed E-state index contributed by atoms with van der Waals surface area (Å²) in [4.78, 5) is 4.54. The van der Waals surface area contributed by atoms with Gasteiger partial charge in [0.1, 0.15) is 5.52 Å². The number of fused-ring (bicyclic) bond motifs is 1. The molecule has 0 aliphatic heterocycles. The molecule has 114 valence electrons. The molecule has 3 rings (SSSR count). The first-order chi connectivity index (χ1) is 10.4. The smallest absolute Gasteiger partial charge is 0.228 e. The molecule has 0 saturated heterocycles. The van der Waals surface area contributed by atoms with E-state index >= 15 is 0 Å².